The minimum absolute atomic E-state index is 0.0971. The molecule has 6 heteroatoms. The summed E-state index contributed by atoms with van der Waals surface area (Å²) in [7, 11) is 0. The van der Waals surface area contributed by atoms with E-state index in [1.54, 1.807) is 37.3 Å². The lowest BCUT2D eigenvalue weighted by atomic mass is 10.1. The standard InChI is InChI=1S/C15H11Br2NO3/c1-8-3-2-4-12(13(8)15(20)21)18-14(19)9-5-10(16)7-11(17)6-9/h2-7H,1H3,(H,18,19)(H,20,21). The lowest BCUT2D eigenvalue weighted by Gasteiger charge is -2.11. The third kappa shape index (κ3) is 3.71. The third-order valence-electron chi connectivity index (χ3n) is 2.86. The number of carboxylic acid groups (broad SMARTS) is 1. The molecule has 0 spiro atoms. The van der Waals surface area contributed by atoms with Crippen molar-refractivity contribution in [1.29, 1.82) is 0 Å². The van der Waals surface area contributed by atoms with Crippen LogP contribution in [0.15, 0.2) is 45.3 Å². The van der Waals surface area contributed by atoms with Crippen LogP contribution < -0.4 is 5.32 Å². The number of nitrogens with one attached hydrogen (secondary N) is 1. The van der Waals surface area contributed by atoms with Gasteiger partial charge in [-0.05, 0) is 36.8 Å². The number of carbonyl (C=O) groups is 2. The molecule has 0 heterocycles. The number of hydrogen-bond acceptors (Lipinski definition) is 2. The summed E-state index contributed by atoms with van der Waals surface area (Å²) in [6.07, 6.45) is 0. The van der Waals surface area contributed by atoms with E-state index in [0.717, 1.165) is 8.95 Å². The Hall–Kier alpha value is -1.66. The number of hydrogen-bond donors (Lipinski definition) is 2. The van der Waals surface area contributed by atoms with Crippen molar-refractivity contribution in [3.63, 3.8) is 0 Å². The van der Waals surface area contributed by atoms with Gasteiger partial charge < -0.3 is 10.4 Å². The minimum atomic E-state index is -1.07. The topological polar surface area (TPSA) is 66.4 Å². The zero-order chi connectivity index (χ0) is 15.6. The molecule has 21 heavy (non-hydrogen) atoms. The summed E-state index contributed by atoms with van der Waals surface area (Å²) in [6, 6.07) is 10.1. The van der Waals surface area contributed by atoms with Gasteiger partial charge in [0, 0.05) is 14.5 Å². The highest BCUT2D eigenvalue weighted by atomic mass is 79.9. The minimum Gasteiger partial charge on any atom is -0.478 e. The molecular formula is C15H11Br2NO3. The number of carbonyl (C=O) groups excluding carboxylic acids is 1. The van der Waals surface area contributed by atoms with Gasteiger partial charge in [0.1, 0.15) is 0 Å². The summed E-state index contributed by atoms with van der Waals surface area (Å²) < 4.78 is 1.51. The number of amides is 1. The van der Waals surface area contributed by atoms with Crippen molar-refractivity contribution in [2.75, 3.05) is 5.32 Å². The molecule has 2 rings (SSSR count). The van der Waals surface area contributed by atoms with E-state index in [-0.39, 0.29) is 17.2 Å². The monoisotopic (exact) mass is 411 g/mol. The van der Waals surface area contributed by atoms with Gasteiger partial charge in [-0.1, -0.05) is 44.0 Å². The van der Waals surface area contributed by atoms with E-state index in [9.17, 15) is 14.7 Å². The Kier molecular flexibility index (Phi) is 4.80. The third-order valence-corrected chi connectivity index (χ3v) is 3.78. The molecule has 0 unspecified atom stereocenters. The highest BCUT2D eigenvalue weighted by molar-refractivity contribution is 9.11. The second-order valence-corrected chi connectivity index (χ2v) is 6.25. The van der Waals surface area contributed by atoms with Crippen molar-refractivity contribution in [2.45, 2.75) is 6.92 Å². The predicted octanol–water partition coefficient (Wildman–Crippen LogP) is 4.47. The molecule has 108 valence electrons. The Balaban J connectivity index is 2.36. The summed E-state index contributed by atoms with van der Waals surface area (Å²) in [5.41, 5.74) is 1.40. The van der Waals surface area contributed by atoms with E-state index in [1.165, 1.54) is 0 Å². The molecule has 0 bridgehead atoms. The molecule has 0 radical (unpaired) electrons. The normalized spacial score (nSPS) is 10.2. The van der Waals surface area contributed by atoms with Gasteiger partial charge in [-0.2, -0.15) is 0 Å². The van der Waals surface area contributed by atoms with Gasteiger partial charge in [0.25, 0.3) is 5.91 Å². The fraction of sp³-hybridized carbons (Fsp3) is 0.0667. The van der Waals surface area contributed by atoms with E-state index in [4.69, 9.17) is 0 Å². The number of benzene rings is 2. The number of halogens is 2. The fourth-order valence-electron chi connectivity index (χ4n) is 1.94. The Morgan fingerprint density at radius 3 is 2.29 bits per heavy atom. The fourth-order valence-corrected chi connectivity index (χ4v) is 3.23. The van der Waals surface area contributed by atoms with Crippen molar-refractivity contribution < 1.29 is 14.7 Å². The first-order chi connectivity index (χ1) is 9.88. The van der Waals surface area contributed by atoms with Crippen LogP contribution in [0.3, 0.4) is 0 Å². The average molecular weight is 413 g/mol. The summed E-state index contributed by atoms with van der Waals surface area (Å²) in [5, 5.41) is 11.9. The summed E-state index contributed by atoms with van der Waals surface area (Å²) in [6.45, 7) is 1.69. The molecular weight excluding hydrogens is 402 g/mol. The molecule has 4 nitrogen and oxygen atoms in total. The Labute approximate surface area is 138 Å². The molecule has 0 aromatic heterocycles. The summed E-state index contributed by atoms with van der Waals surface area (Å²) in [5.74, 6) is -1.44. The van der Waals surface area contributed by atoms with E-state index in [2.05, 4.69) is 37.2 Å². The van der Waals surface area contributed by atoms with Gasteiger partial charge in [0.15, 0.2) is 0 Å². The first-order valence-corrected chi connectivity index (χ1v) is 7.57. The highest BCUT2D eigenvalue weighted by Gasteiger charge is 2.16. The van der Waals surface area contributed by atoms with Crippen LogP contribution in [0.4, 0.5) is 5.69 Å². The highest BCUT2D eigenvalue weighted by Crippen LogP contribution is 2.23. The number of aromatic carboxylic acids is 1. The van der Waals surface area contributed by atoms with Crippen LogP contribution in [0, 0.1) is 6.92 Å². The van der Waals surface area contributed by atoms with Crippen molar-refractivity contribution >= 4 is 49.4 Å². The Morgan fingerprint density at radius 2 is 1.71 bits per heavy atom. The van der Waals surface area contributed by atoms with Crippen LogP contribution in [0.1, 0.15) is 26.3 Å². The Bertz CT molecular complexity index is 709. The molecule has 2 aromatic carbocycles. The van der Waals surface area contributed by atoms with Gasteiger partial charge in [0.2, 0.25) is 0 Å². The van der Waals surface area contributed by atoms with Gasteiger partial charge in [-0.25, -0.2) is 4.79 Å². The van der Waals surface area contributed by atoms with E-state index < -0.39 is 5.97 Å². The van der Waals surface area contributed by atoms with Crippen molar-refractivity contribution in [2.24, 2.45) is 0 Å². The summed E-state index contributed by atoms with van der Waals surface area (Å²) >= 11 is 6.62. The van der Waals surface area contributed by atoms with Gasteiger partial charge in [-0.3, -0.25) is 4.79 Å². The van der Waals surface area contributed by atoms with E-state index in [1.807, 2.05) is 6.07 Å². The van der Waals surface area contributed by atoms with Gasteiger partial charge in [0.05, 0.1) is 11.3 Å². The second kappa shape index (κ2) is 6.41. The average Bonchev–Trinajstić information content (AvgIpc) is 2.37. The molecule has 2 N–H and O–H groups in total. The van der Waals surface area contributed by atoms with Crippen LogP contribution in [0.5, 0.6) is 0 Å². The molecule has 0 aliphatic rings. The number of carboxylic acids is 1. The first-order valence-electron chi connectivity index (χ1n) is 5.99. The van der Waals surface area contributed by atoms with Crippen LogP contribution >= 0.6 is 31.9 Å². The zero-order valence-corrected chi connectivity index (χ0v) is 14.2. The molecule has 0 aliphatic heterocycles. The van der Waals surface area contributed by atoms with E-state index in [0.29, 0.717) is 11.1 Å². The first kappa shape index (κ1) is 15.7. The molecule has 2 aromatic rings. The predicted molar refractivity (Wildman–Crippen MR) is 87.9 cm³/mol. The van der Waals surface area contributed by atoms with Gasteiger partial charge in [-0.15, -0.1) is 0 Å². The largest absolute Gasteiger partial charge is 0.478 e. The van der Waals surface area contributed by atoms with Crippen LogP contribution in [0.2, 0.25) is 0 Å². The maximum atomic E-state index is 12.3. The lowest BCUT2D eigenvalue weighted by Crippen LogP contribution is -2.15. The molecule has 0 aliphatic carbocycles. The second-order valence-electron chi connectivity index (χ2n) is 4.41. The van der Waals surface area contributed by atoms with Crippen LogP contribution in [-0.4, -0.2) is 17.0 Å². The van der Waals surface area contributed by atoms with Crippen molar-refractivity contribution in [1.82, 2.24) is 0 Å². The SMILES string of the molecule is Cc1cccc(NC(=O)c2cc(Br)cc(Br)c2)c1C(=O)O. The Morgan fingerprint density at radius 1 is 1.10 bits per heavy atom. The smallest absolute Gasteiger partial charge is 0.338 e. The molecule has 0 saturated carbocycles. The maximum absolute atomic E-state index is 12.3. The molecule has 0 fully saturated rings. The number of aryl methyl sites for hydroxylation is 1. The summed E-state index contributed by atoms with van der Waals surface area (Å²) in [4.78, 5) is 23.6. The van der Waals surface area contributed by atoms with Gasteiger partial charge >= 0.3 is 5.97 Å². The molecule has 0 saturated heterocycles. The van der Waals surface area contributed by atoms with Crippen molar-refractivity contribution in [3.05, 3.63) is 62.0 Å². The van der Waals surface area contributed by atoms with Crippen molar-refractivity contribution in [3.8, 4) is 0 Å². The molecule has 0 atom stereocenters. The number of rotatable bonds is 3. The maximum Gasteiger partial charge on any atom is 0.338 e. The van der Waals surface area contributed by atoms with Crippen LogP contribution in [0.25, 0.3) is 0 Å². The number of anilines is 1. The lowest BCUT2D eigenvalue weighted by molar-refractivity contribution is 0.0697. The van der Waals surface area contributed by atoms with Crippen LogP contribution in [-0.2, 0) is 0 Å². The quantitative estimate of drug-likeness (QED) is 0.781. The van der Waals surface area contributed by atoms with E-state index >= 15 is 0 Å². The molecule has 1 amide bonds. The zero-order valence-electron chi connectivity index (χ0n) is 11.0.